The van der Waals surface area contributed by atoms with E-state index in [-0.39, 0.29) is 11.6 Å². The lowest BCUT2D eigenvalue weighted by Gasteiger charge is -2.16. The van der Waals surface area contributed by atoms with Gasteiger partial charge in [-0.3, -0.25) is 4.79 Å². The number of para-hydroxylation sites is 1. The van der Waals surface area contributed by atoms with Gasteiger partial charge in [-0.1, -0.05) is 32.0 Å². The fourth-order valence-corrected chi connectivity index (χ4v) is 1.78. The molecule has 7 nitrogen and oxygen atoms in total. The van der Waals surface area contributed by atoms with Gasteiger partial charge >= 0.3 is 5.97 Å². The van der Waals surface area contributed by atoms with Gasteiger partial charge in [-0.15, -0.1) is 5.10 Å². The highest BCUT2D eigenvalue weighted by Gasteiger charge is 2.25. The molecule has 21 heavy (non-hydrogen) atoms. The maximum Gasteiger partial charge on any atom is 0.326 e. The molecule has 1 amide bonds. The van der Waals surface area contributed by atoms with Crippen LogP contribution < -0.4 is 5.32 Å². The third-order valence-electron chi connectivity index (χ3n) is 2.93. The highest BCUT2D eigenvalue weighted by atomic mass is 16.4. The van der Waals surface area contributed by atoms with E-state index < -0.39 is 17.9 Å². The third kappa shape index (κ3) is 3.44. The average molecular weight is 288 g/mol. The molecule has 7 heteroatoms. The Morgan fingerprint density at radius 3 is 2.48 bits per heavy atom. The molecule has 2 aromatic rings. The van der Waals surface area contributed by atoms with Crippen LogP contribution in [0.4, 0.5) is 0 Å². The smallest absolute Gasteiger partial charge is 0.326 e. The van der Waals surface area contributed by atoms with Gasteiger partial charge in [0.25, 0.3) is 5.91 Å². The molecule has 1 heterocycles. The van der Waals surface area contributed by atoms with E-state index in [0.717, 1.165) is 5.69 Å². The van der Waals surface area contributed by atoms with Crippen molar-refractivity contribution >= 4 is 11.9 Å². The number of nitrogens with one attached hydrogen (secondary N) is 1. The van der Waals surface area contributed by atoms with Gasteiger partial charge in [0.05, 0.1) is 11.9 Å². The summed E-state index contributed by atoms with van der Waals surface area (Å²) in [5.74, 6) is -1.86. The second-order valence-electron chi connectivity index (χ2n) is 4.89. The largest absolute Gasteiger partial charge is 0.480 e. The maximum absolute atomic E-state index is 12.0. The van der Waals surface area contributed by atoms with Crippen LogP contribution in [0.2, 0.25) is 0 Å². The highest BCUT2D eigenvalue weighted by Crippen LogP contribution is 2.06. The first-order valence-corrected chi connectivity index (χ1v) is 6.50. The Hall–Kier alpha value is -2.70. The van der Waals surface area contributed by atoms with E-state index in [1.54, 1.807) is 26.0 Å². The predicted octanol–water partition coefficient (Wildman–Crippen LogP) is 1.11. The van der Waals surface area contributed by atoms with Crippen molar-refractivity contribution in [1.82, 2.24) is 20.3 Å². The van der Waals surface area contributed by atoms with Gasteiger partial charge in [-0.2, -0.15) is 9.90 Å². The number of carbonyl (C=O) groups excluding carboxylic acids is 1. The Bertz CT molecular complexity index is 637. The van der Waals surface area contributed by atoms with E-state index in [1.165, 1.54) is 11.0 Å². The topological polar surface area (TPSA) is 97.1 Å². The molecular formula is C14H16N4O3. The first-order valence-electron chi connectivity index (χ1n) is 6.50. The second kappa shape index (κ2) is 6.17. The number of carboxylic acids is 1. The Balaban J connectivity index is 2.14. The third-order valence-corrected chi connectivity index (χ3v) is 2.93. The van der Waals surface area contributed by atoms with Crippen LogP contribution in [0, 0.1) is 5.92 Å². The van der Waals surface area contributed by atoms with Gasteiger partial charge in [0.15, 0.2) is 5.69 Å². The van der Waals surface area contributed by atoms with Crippen LogP contribution in [0.1, 0.15) is 24.3 Å². The summed E-state index contributed by atoms with van der Waals surface area (Å²) in [6.45, 7) is 3.44. The molecule has 0 saturated carbocycles. The van der Waals surface area contributed by atoms with Crippen molar-refractivity contribution in [3.63, 3.8) is 0 Å². The normalized spacial score (nSPS) is 12.1. The summed E-state index contributed by atoms with van der Waals surface area (Å²) in [6, 6.07) is 8.17. The zero-order valence-corrected chi connectivity index (χ0v) is 11.7. The van der Waals surface area contributed by atoms with Gasteiger partial charge in [-0.05, 0) is 18.1 Å². The minimum absolute atomic E-state index is 0.0748. The minimum atomic E-state index is -1.08. The zero-order valence-electron chi connectivity index (χ0n) is 11.7. The van der Waals surface area contributed by atoms with Crippen LogP contribution in [-0.2, 0) is 4.79 Å². The molecule has 1 aromatic carbocycles. The molecule has 2 rings (SSSR count). The van der Waals surface area contributed by atoms with Crippen molar-refractivity contribution in [1.29, 1.82) is 0 Å². The molecule has 0 bridgehead atoms. The number of amides is 1. The van der Waals surface area contributed by atoms with Crippen molar-refractivity contribution in [2.45, 2.75) is 19.9 Å². The molecule has 0 aliphatic carbocycles. The molecule has 0 spiro atoms. The molecule has 0 radical (unpaired) electrons. The highest BCUT2D eigenvalue weighted by molar-refractivity contribution is 5.94. The summed E-state index contributed by atoms with van der Waals surface area (Å²) >= 11 is 0. The lowest BCUT2D eigenvalue weighted by atomic mass is 10.0. The Morgan fingerprint density at radius 2 is 1.90 bits per heavy atom. The average Bonchev–Trinajstić information content (AvgIpc) is 2.94. The molecule has 0 aliphatic rings. The maximum atomic E-state index is 12.0. The van der Waals surface area contributed by atoms with Crippen LogP contribution in [-0.4, -0.2) is 38.0 Å². The van der Waals surface area contributed by atoms with Crippen LogP contribution in [0.5, 0.6) is 0 Å². The minimum Gasteiger partial charge on any atom is -0.480 e. The van der Waals surface area contributed by atoms with Crippen molar-refractivity contribution in [3.05, 3.63) is 42.2 Å². The summed E-state index contributed by atoms with van der Waals surface area (Å²) in [6.07, 6.45) is 1.31. The molecule has 0 fully saturated rings. The number of hydrogen-bond acceptors (Lipinski definition) is 4. The van der Waals surface area contributed by atoms with Crippen LogP contribution in [0.15, 0.2) is 36.5 Å². The quantitative estimate of drug-likeness (QED) is 0.859. The van der Waals surface area contributed by atoms with Gasteiger partial charge in [0, 0.05) is 0 Å². The van der Waals surface area contributed by atoms with Crippen LogP contribution in [0.25, 0.3) is 5.69 Å². The zero-order chi connectivity index (χ0) is 15.4. The van der Waals surface area contributed by atoms with Crippen LogP contribution >= 0.6 is 0 Å². The molecule has 0 aliphatic heterocycles. The van der Waals surface area contributed by atoms with E-state index in [9.17, 15) is 9.59 Å². The monoisotopic (exact) mass is 288 g/mol. The first-order chi connectivity index (χ1) is 9.99. The molecule has 0 saturated heterocycles. The number of benzene rings is 1. The van der Waals surface area contributed by atoms with Gasteiger partial charge in [0.2, 0.25) is 0 Å². The standard InChI is InChI=1S/C14H16N4O3/c1-9(2)12(14(20)21)16-13(19)11-8-15-18(17-11)10-6-4-3-5-7-10/h3-9,12H,1-2H3,(H,16,19)(H,20,21)/t12-/m1/s1. The van der Waals surface area contributed by atoms with E-state index in [4.69, 9.17) is 5.11 Å². The first kappa shape index (κ1) is 14.7. The number of aromatic nitrogens is 3. The number of aliphatic carboxylic acids is 1. The van der Waals surface area contributed by atoms with Crippen molar-refractivity contribution in [2.24, 2.45) is 5.92 Å². The summed E-state index contributed by atoms with van der Waals surface area (Å²) in [4.78, 5) is 24.4. The second-order valence-corrected chi connectivity index (χ2v) is 4.89. The Kier molecular flexibility index (Phi) is 4.32. The lowest BCUT2D eigenvalue weighted by molar-refractivity contribution is -0.140. The van der Waals surface area contributed by atoms with E-state index in [1.807, 2.05) is 18.2 Å². The summed E-state index contributed by atoms with van der Waals surface area (Å²) in [5.41, 5.74) is 0.793. The molecule has 1 atom stereocenters. The molecule has 1 aromatic heterocycles. The van der Waals surface area contributed by atoms with Crippen molar-refractivity contribution in [2.75, 3.05) is 0 Å². The summed E-state index contributed by atoms with van der Waals surface area (Å²) in [5, 5.41) is 19.6. The van der Waals surface area contributed by atoms with E-state index >= 15 is 0 Å². The summed E-state index contributed by atoms with van der Waals surface area (Å²) < 4.78 is 0. The van der Waals surface area contributed by atoms with Gasteiger partial charge < -0.3 is 10.4 Å². The van der Waals surface area contributed by atoms with Crippen molar-refractivity contribution in [3.8, 4) is 5.69 Å². The molecular weight excluding hydrogens is 272 g/mol. The number of nitrogens with zero attached hydrogens (tertiary/aromatic N) is 3. The van der Waals surface area contributed by atoms with Crippen LogP contribution in [0.3, 0.4) is 0 Å². The predicted molar refractivity (Wildman–Crippen MR) is 75.1 cm³/mol. The van der Waals surface area contributed by atoms with E-state index in [2.05, 4.69) is 15.5 Å². The number of rotatable bonds is 5. The lowest BCUT2D eigenvalue weighted by Crippen LogP contribution is -2.44. The molecule has 0 unspecified atom stereocenters. The Labute approximate surface area is 121 Å². The number of hydrogen-bond donors (Lipinski definition) is 2. The van der Waals surface area contributed by atoms with Crippen molar-refractivity contribution < 1.29 is 14.7 Å². The van der Waals surface area contributed by atoms with E-state index in [0.29, 0.717) is 0 Å². The number of carboxylic acid groups (broad SMARTS) is 1. The Morgan fingerprint density at radius 1 is 1.24 bits per heavy atom. The fourth-order valence-electron chi connectivity index (χ4n) is 1.78. The fraction of sp³-hybridized carbons (Fsp3) is 0.286. The van der Waals surface area contributed by atoms with Gasteiger partial charge in [0.1, 0.15) is 6.04 Å². The van der Waals surface area contributed by atoms with Gasteiger partial charge in [-0.25, -0.2) is 4.79 Å². The molecule has 2 N–H and O–H groups in total. The molecule has 110 valence electrons. The number of carbonyl (C=O) groups is 2. The SMILES string of the molecule is CC(C)[C@@H](NC(=O)c1cnn(-c2ccccc2)n1)C(=O)O. The summed E-state index contributed by atoms with van der Waals surface area (Å²) in [7, 11) is 0.